The maximum atomic E-state index is 13.1. The molecule has 0 bridgehead atoms. The van der Waals surface area contributed by atoms with Crippen LogP contribution in [0.2, 0.25) is 0 Å². The van der Waals surface area contributed by atoms with Crippen molar-refractivity contribution in [2.24, 2.45) is 5.92 Å². The van der Waals surface area contributed by atoms with Crippen molar-refractivity contribution in [3.05, 3.63) is 46.2 Å². The van der Waals surface area contributed by atoms with Crippen molar-refractivity contribution in [1.29, 1.82) is 0 Å². The van der Waals surface area contributed by atoms with Crippen molar-refractivity contribution in [2.75, 3.05) is 16.8 Å². The SMILES string of the molecule is C[C@@H]1CCc2c(sc(NC(=O)/C=C/c3ccco3)c2C(=O)N[C@H]2CCS(=O)(=O)C2)C1. The van der Waals surface area contributed by atoms with Gasteiger partial charge in [0.25, 0.3) is 5.91 Å². The lowest BCUT2D eigenvalue weighted by Crippen LogP contribution is -2.36. The molecule has 30 heavy (non-hydrogen) atoms. The number of carbonyl (C=O) groups excluding carboxylic acids is 2. The van der Waals surface area contributed by atoms with Crippen LogP contribution < -0.4 is 10.6 Å². The van der Waals surface area contributed by atoms with Gasteiger partial charge in [-0.05, 0) is 55.4 Å². The van der Waals surface area contributed by atoms with Crippen LogP contribution in [0.1, 0.15) is 46.3 Å². The number of thiophene rings is 1. The maximum Gasteiger partial charge on any atom is 0.254 e. The molecular weight excluding hydrogens is 424 g/mol. The van der Waals surface area contributed by atoms with E-state index in [-0.39, 0.29) is 29.4 Å². The smallest absolute Gasteiger partial charge is 0.254 e. The van der Waals surface area contributed by atoms with E-state index >= 15 is 0 Å². The molecule has 3 heterocycles. The molecule has 2 aliphatic rings. The van der Waals surface area contributed by atoms with Gasteiger partial charge in [0.15, 0.2) is 9.84 Å². The quantitative estimate of drug-likeness (QED) is 0.684. The number of rotatable bonds is 5. The lowest BCUT2D eigenvalue weighted by Gasteiger charge is -2.19. The number of furan rings is 1. The predicted molar refractivity (Wildman–Crippen MR) is 116 cm³/mol. The molecule has 1 aliphatic heterocycles. The van der Waals surface area contributed by atoms with E-state index in [1.165, 1.54) is 23.7 Å². The van der Waals surface area contributed by atoms with Crippen LogP contribution in [-0.4, -0.2) is 37.8 Å². The number of hydrogen-bond donors (Lipinski definition) is 2. The highest BCUT2D eigenvalue weighted by molar-refractivity contribution is 7.91. The summed E-state index contributed by atoms with van der Waals surface area (Å²) < 4.78 is 28.7. The van der Waals surface area contributed by atoms with Gasteiger partial charge in [-0.3, -0.25) is 9.59 Å². The lowest BCUT2D eigenvalue weighted by atomic mass is 9.88. The Labute approximate surface area is 179 Å². The molecule has 1 fully saturated rings. The third-order valence-corrected chi connectivity index (χ3v) is 8.42. The second-order valence-corrected chi connectivity index (χ2v) is 11.3. The van der Waals surface area contributed by atoms with Gasteiger partial charge in [0.05, 0.1) is 23.3 Å². The number of hydrogen-bond acceptors (Lipinski definition) is 6. The highest BCUT2D eigenvalue weighted by Gasteiger charge is 2.32. The van der Waals surface area contributed by atoms with Crippen molar-refractivity contribution in [2.45, 2.75) is 38.6 Å². The van der Waals surface area contributed by atoms with Gasteiger partial charge >= 0.3 is 0 Å². The molecule has 0 aromatic carbocycles. The minimum absolute atomic E-state index is 0.0321. The predicted octanol–water partition coefficient (Wildman–Crippen LogP) is 3.03. The minimum Gasteiger partial charge on any atom is -0.465 e. The van der Waals surface area contributed by atoms with Crippen LogP contribution in [0.25, 0.3) is 6.08 Å². The molecular formula is C21H24N2O5S2. The van der Waals surface area contributed by atoms with E-state index < -0.39 is 9.84 Å². The second-order valence-electron chi connectivity index (χ2n) is 7.97. The summed E-state index contributed by atoms with van der Waals surface area (Å²) in [6.45, 7) is 2.18. The van der Waals surface area contributed by atoms with Crippen LogP contribution in [-0.2, 0) is 27.5 Å². The summed E-state index contributed by atoms with van der Waals surface area (Å²) in [4.78, 5) is 26.6. The zero-order chi connectivity index (χ0) is 21.3. The fraction of sp³-hybridized carbons (Fsp3) is 0.429. The summed E-state index contributed by atoms with van der Waals surface area (Å²) in [5.74, 6) is 0.484. The average Bonchev–Trinajstić information content (AvgIpc) is 3.38. The van der Waals surface area contributed by atoms with Gasteiger partial charge in [-0.1, -0.05) is 6.92 Å². The first kappa shape index (κ1) is 20.9. The zero-order valence-corrected chi connectivity index (χ0v) is 18.3. The Kier molecular flexibility index (Phi) is 5.84. The third kappa shape index (κ3) is 4.67. The molecule has 0 unspecified atom stereocenters. The summed E-state index contributed by atoms with van der Waals surface area (Å²) in [6.07, 6.45) is 7.50. The van der Waals surface area contributed by atoms with E-state index in [1.807, 2.05) is 0 Å². The Morgan fingerprint density at radius 3 is 2.83 bits per heavy atom. The van der Waals surface area contributed by atoms with Crippen LogP contribution in [0.3, 0.4) is 0 Å². The van der Waals surface area contributed by atoms with Gasteiger partial charge in [0.2, 0.25) is 5.91 Å². The van der Waals surface area contributed by atoms with Gasteiger partial charge in [0, 0.05) is 17.0 Å². The molecule has 4 rings (SSSR count). The maximum absolute atomic E-state index is 13.1. The molecule has 0 saturated carbocycles. The molecule has 0 spiro atoms. The standard InChI is InChI=1S/C21H24N2O5S2/c1-13-4-6-16-17(11-13)29-21(23-18(24)7-5-15-3-2-9-28-15)19(16)20(25)22-14-8-10-30(26,27)12-14/h2-3,5,7,9,13-14H,4,6,8,10-12H2,1H3,(H,22,25)(H,23,24)/b7-5+/t13-,14+/m1/s1. The number of fused-ring (bicyclic) bond motifs is 1. The van der Waals surface area contributed by atoms with Gasteiger partial charge in [-0.2, -0.15) is 0 Å². The van der Waals surface area contributed by atoms with E-state index in [4.69, 9.17) is 4.42 Å². The molecule has 9 heteroatoms. The highest BCUT2D eigenvalue weighted by Crippen LogP contribution is 2.39. The number of anilines is 1. The lowest BCUT2D eigenvalue weighted by molar-refractivity contribution is -0.111. The molecule has 0 radical (unpaired) electrons. The Morgan fingerprint density at radius 2 is 2.13 bits per heavy atom. The Hall–Kier alpha value is -2.39. The van der Waals surface area contributed by atoms with Crippen molar-refractivity contribution < 1.29 is 22.4 Å². The van der Waals surface area contributed by atoms with E-state index in [1.54, 1.807) is 18.2 Å². The van der Waals surface area contributed by atoms with Crippen LogP contribution in [0, 0.1) is 5.92 Å². The van der Waals surface area contributed by atoms with Crippen molar-refractivity contribution in [3.63, 3.8) is 0 Å². The topological polar surface area (TPSA) is 105 Å². The summed E-state index contributed by atoms with van der Waals surface area (Å²) in [6, 6.07) is 3.09. The number of carbonyl (C=O) groups is 2. The van der Waals surface area contributed by atoms with Gasteiger partial charge in [-0.15, -0.1) is 11.3 Å². The summed E-state index contributed by atoms with van der Waals surface area (Å²) in [5.41, 5.74) is 1.45. The molecule has 2 aromatic rings. The van der Waals surface area contributed by atoms with Crippen LogP contribution in [0.15, 0.2) is 28.9 Å². The molecule has 2 amide bonds. The van der Waals surface area contributed by atoms with Crippen LogP contribution >= 0.6 is 11.3 Å². The van der Waals surface area contributed by atoms with Crippen LogP contribution in [0.4, 0.5) is 5.00 Å². The Balaban J connectivity index is 1.56. The van der Waals surface area contributed by atoms with Gasteiger partial charge < -0.3 is 15.1 Å². The first-order chi connectivity index (χ1) is 14.3. The molecule has 160 valence electrons. The van der Waals surface area contributed by atoms with E-state index in [9.17, 15) is 18.0 Å². The van der Waals surface area contributed by atoms with Crippen LogP contribution in [0.5, 0.6) is 0 Å². The number of nitrogens with one attached hydrogen (secondary N) is 2. The molecule has 2 atom stereocenters. The number of amides is 2. The van der Waals surface area contributed by atoms with Crippen molar-refractivity contribution in [1.82, 2.24) is 5.32 Å². The minimum atomic E-state index is -3.09. The van der Waals surface area contributed by atoms with Gasteiger partial charge in [0.1, 0.15) is 10.8 Å². The zero-order valence-electron chi connectivity index (χ0n) is 16.6. The summed E-state index contributed by atoms with van der Waals surface area (Å²) in [7, 11) is -3.09. The first-order valence-corrected chi connectivity index (χ1v) is 12.6. The molecule has 2 aromatic heterocycles. The largest absolute Gasteiger partial charge is 0.465 e. The van der Waals surface area contributed by atoms with E-state index in [2.05, 4.69) is 17.6 Å². The monoisotopic (exact) mass is 448 g/mol. The third-order valence-electron chi connectivity index (χ3n) is 5.49. The summed E-state index contributed by atoms with van der Waals surface area (Å²) in [5, 5.41) is 6.22. The first-order valence-electron chi connectivity index (χ1n) is 9.99. The van der Waals surface area contributed by atoms with Crippen molar-refractivity contribution in [3.8, 4) is 0 Å². The number of sulfone groups is 1. The Morgan fingerprint density at radius 1 is 1.30 bits per heavy atom. The fourth-order valence-corrected chi connectivity index (χ4v) is 7.03. The molecule has 1 saturated heterocycles. The molecule has 1 aliphatic carbocycles. The van der Waals surface area contributed by atoms with E-state index in [0.29, 0.717) is 28.7 Å². The van der Waals surface area contributed by atoms with Crippen molar-refractivity contribution >= 4 is 44.1 Å². The van der Waals surface area contributed by atoms with Gasteiger partial charge in [-0.25, -0.2) is 8.42 Å². The highest BCUT2D eigenvalue weighted by atomic mass is 32.2. The summed E-state index contributed by atoms with van der Waals surface area (Å²) >= 11 is 1.44. The fourth-order valence-electron chi connectivity index (χ4n) is 3.94. The molecule has 2 N–H and O–H groups in total. The second kappa shape index (κ2) is 8.39. The van der Waals surface area contributed by atoms with E-state index in [0.717, 1.165) is 29.7 Å². The normalized spacial score (nSPS) is 22.7. The average molecular weight is 449 g/mol. The molecule has 7 nitrogen and oxygen atoms in total. The Bertz CT molecular complexity index is 1080.